The van der Waals surface area contributed by atoms with Crippen LogP contribution in [0.3, 0.4) is 0 Å². The summed E-state index contributed by atoms with van der Waals surface area (Å²) in [7, 11) is 1.51. The predicted molar refractivity (Wildman–Crippen MR) is 79.4 cm³/mol. The fraction of sp³-hybridized carbons (Fsp3) is 0.0714. The highest BCUT2D eigenvalue weighted by Gasteiger charge is 2.19. The van der Waals surface area contributed by atoms with Crippen molar-refractivity contribution in [2.24, 2.45) is 0 Å². The smallest absolute Gasteiger partial charge is 0.261 e. The lowest BCUT2D eigenvalue weighted by atomic mass is 10.1. The van der Waals surface area contributed by atoms with Crippen LogP contribution in [-0.2, 0) is 0 Å². The number of phenolic OH excluding ortho intramolecular Hbond substituents is 1. The van der Waals surface area contributed by atoms with Gasteiger partial charge in [-0.05, 0) is 30.3 Å². The zero-order chi connectivity index (χ0) is 14.9. The molecule has 3 N–H and O–H groups in total. The van der Waals surface area contributed by atoms with Gasteiger partial charge in [0.05, 0.1) is 16.9 Å². The molecule has 0 saturated heterocycles. The first-order chi connectivity index (χ1) is 9.40. The molecule has 0 aromatic heterocycles. The topological polar surface area (TPSA) is 66.6 Å². The Labute approximate surface area is 123 Å². The van der Waals surface area contributed by atoms with E-state index in [-0.39, 0.29) is 11.3 Å². The Hall–Kier alpha value is -2.08. The number of nitrogens with zero attached hydrogens (tertiary/aromatic N) is 1. The maximum Gasteiger partial charge on any atom is 0.261 e. The van der Waals surface area contributed by atoms with Gasteiger partial charge in [0.15, 0.2) is 0 Å². The highest BCUT2D eigenvalue weighted by molar-refractivity contribution is 9.10. The second kappa shape index (κ2) is 5.50. The average molecular weight is 339 g/mol. The maximum atomic E-state index is 13.7. The molecule has 6 heteroatoms. The van der Waals surface area contributed by atoms with Crippen LogP contribution in [0.2, 0.25) is 0 Å². The number of phenols is 1. The molecule has 0 unspecified atom stereocenters. The SMILES string of the molecule is CN(C(=O)c1ccc(O)cc1F)c1ccc(Br)cc1N. The number of anilines is 2. The summed E-state index contributed by atoms with van der Waals surface area (Å²) in [5.41, 5.74) is 6.59. The minimum absolute atomic E-state index is 0.132. The second-order valence-electron chi connectivity index (χ2n) is 4.23. The van der Waals surface area contributed by atoms with Crippen molar-refractivity contribution in [2.75, 3.05) is 17.7 Å². The van der Waals surface area contributed by atoms with Gasteiger partial charge in [0.2, 0.25) is 0 Å². The highest BCUT2D eigenvalue weighted by Crippen LogP contribution is 2.27. The number of nitrogens with two attached hydrogens (primary N) is 1. The summed E-state index contributed by atoms with van der Waals surface area (Å²) in [5.74, 6) is -1.56. The fourth-order valence-corrected chi connectivity index (χ4v) is 2.18. The van der Waals surface area contributed by atoms with Gasteiger partial charge in [0.1, 0.15) is 11.6 Å². The molecule has 0 atom stereocenters. The van der Waals surface area contributed by atoms with Gasteiger partial charge in [-0.1, -0.05) is 15.9 Å². The van der Waals surface area contributed by atoms with E-state index < -0.39 is 11.7 Å². The zero-order valence-corrected chi connectivity index (χ0v) is 12.2. The molecule has 0 aliphatic carbocycles. The number of carbonyl (C=O) groups is 1. The van der Waals surface area contributed by atoms with Crippen LogP contribution >= 0.6 is 15.9 Å². The van der Waals surface area contributed by atoms with Gasteiger partial charge in [0, 0.05) is 17.6 Å². The van der Waals surface area contributed by atoms with Gasteiger partial charge in [-0.15, -0.1) is 0 Å². The molecule has 20 heavy (non-hydrogen) atoms. The molecule has 0 saturated carbocycles. The van der Waals surface area contributed by atoms with E-state index in [1.807, 2.05) is 0 Å². The highest BCUT2D eigenvalue weighted by atomic mass is 79.9. The van der Waals surface area contributed by atoms with E-state index in [9.17, 15) is 9.18 Å². The lowest BCUT2D eigenvalue weighted by Crippen LogP contribution is -2.27. The summed E-state index contributed by atoms with van der Waals surface area (Å²) in [6, 6.07) is 8.45. The first kappa shape index (κ1) is 14.3. The summed E-state index contributed by atoms with van der Waals surface area (Å²) in [5, 5.41) is 9.16. The molecule has 0 radical (unpaired) electrons. The second-order valence-corrected chi connectivity index (χ2v) is 5.15. The lowest BCUT2D eigenvalue weighted by molar-refractivity contribution is 0.0989. The van der Waals surface area contributed by atoms with Gasteiger partial charge < -0.3 is 15.7 Å². The molecule has 0 spiro atoms. The summed E-state index contributed by atoms with van der Waals surface area (Å²) < 4.78 is 14.5. The average Bonchev–Trinajstić information content (AvgIpc) is 2.37. The number of benzene rings is 2. The molecule has 0 heterocycles. The molecule has 0 fully saturated rings. The number of carbonyl (C=O) groups excluding carboxylic acids is 1. The van der Waals surface area contributed by atoms with Crippen LogP contribution in [0.15, 0.2) is 40.9 Å². The normalized spacial score (nSPS) is 10.3. The van der Waals surface area contributed by atoms with E-state index >= 15 is 0 Å². The van der Waals surface area contributed by atoms with Crippen molar-refractivity contribution in [3.05, 3.63) is 52.3 Å². The minimum atomic E-state index is -0.780. The number of nitrogen functional groups attached to an aromatic ring is 1. The van der Waals surface area contributed by atoms with E-state index in [0.717, 1.165) is 10.5 Å². The largest absolute Gasteiger partial charge is 0.508 e. The number of aromatic hydroxyl groups is 1. The summed E-state index contributed by atoms with van der Waals surface area (Å²) in [4.78, 5) is 13.5. The quantitative estimate of drug-likeness (QED) is 0.826. The first-order valence-corrected chi connectivity index (χ1v) is 6.51. The van der Waals surface area contributed by atoms with Crippen molar-refractivity contribution < 1.29 is 14.3 Å². The van der Waals surface area contributed by atoms with Crippen LogP contribution in [0.5, 0.6) is 5.75 Å². The molecule has 2 aromatic rings. The Morgan fingerprint density at radius 3 is 2.60 bits per heavy atom. The van der Waals surface area contributed by atoms with E-state index in [2.05, 4.69) is 15.9 Å². The van der Waals surface area contributed by atoms with Crippen molar-refractivity contribution in [2.45, 2.75) is 0 Å². The number of hydrogen-bond acceptors (Lipinski definition) is 3. The zero-order valence-electron chi connectivity index (χ0n) is 10.6. The molecule has 0 aliphatic heterocycles. The molecule has 4 nitrogen and oxygen atoms in total. The van der Waals surface area contributed by atoms with E-state index in [1.165, 1.54) is 24.1 Å². The maximum absolute atomic E-state index is 13.7. The van der Waals surface area contributed by atoms with Crippen LogP contribution in [0.4, 0.5) is 15.8 Å². The molecular weight excluding hydrogens is 327 g/mol. The van der Waals surface area contributed by atoms with Crippen LogP contribution in [-0.4, -0.2) is 18.1 Å². The van der Waals surface area contributed by atoms with Crippen molar-refractivity contribution in [3.63, 3.8) is 0 Å². The molecule has 104 valence electrons. The molecule has 1 amide bonds. The van der Waals surface area contributed by atoms with E-state index in [0.29, 0.717) is 11.4 Å². The Balaban J connectivity index is 2.37. The predicted octanol–water partition coefficient (Wildman–Crippen LogP) is 3.15. The standard InChI is InChI=1S/C14H12BrFN2O2/c1-18(13-5-2-8(15)6-12(13)17)14(20)10-4-3-9(19)7-11(10)16/h2-7,19H,17H2,1H3. The monoisotopic (exact) mass is 338 g/mol. The third-order valence-corrected chi connectivity index (χ3v) is 3.33. The number of rotatable bonds is 2. The number of amides is 1. The molecular formula is C14H12BrFN2O2. The summed E-state index contributed by atoms with van der Waals surface area (Å²) >= 11 is 3.28. The molecule has 2 aromatic carbocycles. The van der Waals surface area contributed by atoms with E-state index in [1.54, 1.807) is 18.2 Å². The lowest BCUT2D eigenvalue weighted by Gasteiger charge is -2.19. The van der Waals surface area contributed by atoms with Crippen LogP contribution in [0.1, 0.15) is 10.4 Å². The third-order valence-electron chi connectivity index (χ3n) is 2.84. The van der Waals surface area contributed by atoms with Crippen LogP contribution < -0.4 is 10.6 Å². The van der Waals surface area contributed by atoms with Gasteiger partial charge in [0.25, 0.3) is 5.91 Å². The minimum Gasteiger partial charge on any atom is -0.508 e. The van der Waals surface area contributed by atoms with Crippen molar-refractivity contribution in [1.82, 2.24) is 0 Å². The van der Waals surface area contributed by atoms with E-state index in [4.69, 9.17) is 10.8 Å². The number of halogens is 2. The van der Waals surface area contributed by atoms with Gasteiger partial charge in [-0.2, -0.15) is 0 Å². The molecule has 0 aliphatic rings. The molecule has 2 rings (SSSR count). The Kier molecular flexibility index (Phi) is 3.94. The van der Waals surface area contributed by atoms with Crippen molar-refractivity contribution >= 4 is 33.2 Å². The Morgan fingerprint density at radius 1 is 1.30 bits per heavy atom. The fourth-order valence-electron chi connectivity index (χ4n) is 1.80. The van der Waals surface area contributed by atoms with Crippen molar-refractivity contribution in [3.8, 4) is 5.75 Å². The van der Waals surface area contributed by atoms with Gasteiger partial charge in [-0.25, -0.2) is 4.39 Å². The van der Waals surface area contributed by atoms with Crippen molar-refractivity contribution in [1.29, 1.82) is 0 Å². The van der Waals surface area contributed by atoms with Gasteiger partial charge >= 0.3 is 0 Å². The Bertz CT molecular complexity index is 676. The third kappa shape index (κ3) is 2.75. The van der Waals surface area contributed by atoms with Crippen LogP contribution in [0, 0.1) is 5.82 Å². The summed E-state index contributed by atoms with van der Waals surface area (Å²) in [6.45, 7) is 0. The summed E-state index contributed by atoms with van der Waals surface area (Å²) in [6.07, 6.45) is 0. The van der Waals surface area contributed by atoms with Crippen LogP contribution in [0.25, 0.3) is 0 Å². The van der Waals surface area contributed by atoms with Gasteiger partial charge in [-0.3, -0.25) is 4.79 Å². The first-order valence-electron chi connectivity index (χ1n) is 5.71. The number of hydrogen-bond donors (Lipinski definition) is 2. The molecule has 0 bridgehead atoms. The Morgan fingerprint density at radius 2 is 2.00 bits per heavy atom.